The standard InChI is InChI=1S/C16H24ClNO/c1-3-16(19,4-2)11-18-15-9-13(10-15)12-6-5-7-14(17)8-12/h5-8,13,15,18-19H,3-4,9-11H2,1-2H3. The maximum Gasteiger partial charge on any atom is 0.0766 e. The van der Waals surface area contributed by atoms with Crippen molar-refractivity contribution in [1.29, 1.82) is 0 Å². The maximum atomic E-state index is 10.2. The van der Waals surface area contributed by atoms with Crippen LogP contribution in [0.1, 0.15) is 51.0 Å². The number of rotatable bonds is 6. The van der Waals surface area contributed by atoms with Crippen LogP contribution in [0.25, 0.3) is 0 Å². The van der Waals surface area contributed by atoms with Gasteiger partial charge >= 0.3 is 0 Å². The molecule has 1 aliphatic carbocycles. The number of nitrogens with one attached hydrogen (secondary N) is 1. The van der Waals surface area contributed by atoms with Gasteiger partial charge in [-0.05, 0) is 49.3 Å². The highest BCUT2D eigenvalue weighted by Gasteiger charge is 2.32. The number of hydrogen-bond donors (Lipinski definition) is 2. The normalized spacial score (nSPS) is 23.2. The van der Waals surface area contributed by atoms with E-state index in [1.54, 1.807) is 0 Å². The van der Waals surface area contributed by atoms with Crippen molar-refractivity contribution in [2.45, 2.75) is 57.1 Å². The van der Waals surface area contributed by atoms with Gasteiger partial charge < -0.3 is 10.4 Å². The summed E-state index contributed by atoms with van der Waals surface area (Å²) in [6.45, 7) is 4.79. The first-order valence-electron chi connectivity index (χ1n) is 7.27. The van der Waals surface area contributed by atoms with E-state index in [0.717, 1.165) is 30.7 Å². The Kier molecular flexibility index (Phi) is 4.88. The molecule has 0 aliphatic heterocycles. The zero-order valence-corrected chi connectivity index (χ0v) is 12.6. The van der Waals surface area contributed by atoms with Crippen molar-refractivity contribution in [3.63, 3.8) is 0 Å². The van der Waals surface area contributed by atoms with Crippen LogP contribution < -0.4 is 5.32 Å². The molecule has 0 aromatic heterocycles. The van der Waals surface area contributed by atoms with Gasteiger partial charge in [0.2, 0.25) is 0 Å². The lowest BCUT2D eigenvalue weighted by Crippen LogP contribution is -2.48. The maximum absolute atomic E-state index is 10.2. The third-order valence-electron chi connectivity index (χ3n) is 4.49. The van der Waals surface area contributed by atoms with E-state index < -0.39 is 5.60 Å². The zero-order valence-electron chi connectivity index (χ0n) is 11.8. The highest BCUT2D eigenvalue weighted by molar-refractivity contribution is 6.30. The van der Waals surface area contributed by atoms with E-state index in [1.165, 1.54) is 5.56 Å². The second kappa shape index (κ2) is 6.25. The summed E-state index contributed by atoms with van der Waals surface area (Å²) in [5.74, 6) is 0.618. The van der Waals surface area contributed by atoms with Gasteiger partial charge in [-0.15, -0.1) is 0 Å². The topological polar surface area (TPSA) is 32.3 Å². The van der Waals surface area contributed by atoms with Gasteiger partial charge in [0, 0.05) is 17.6 Å². The first-order valence-corrected chi connectivity index (χ1v) is 7.65. The van der Waals surface area contributed by atoms with E-state index in [0.29, 0.717) is 18.5 Å². The largest absolute Gasteiger partial charge is 0.389 e. The van der Waals surface area contributed by atoms with Gasteiger partial charge in [-0.2, -0.15) is 0 Å². The van der Waals surface area contributed by atoms with Gasteiger partial charge in [-0.3, -0.25) is 0 Å². The Morgan fingerprint density at radius 1 is 1.32 bits per heavy atom. The van der Waals surface area contributed by atoms with Crippen molar-refractivity contribution in [1.82, 2.24) is 5.32 Å². The Balaban J connectivity index is 1.78. The van der Waals surface area contributed by atoms with Crippen LogP contribution >= 0.6 is 11.6 Å². The van der Waals surface area contributed by atoms with Crippen LogP contribution in [0, 0.1) is 0 Å². The van der Waals surface area contributed by atoms with Crippen molar-refractivity contribution in [3.8, 4) is 0 Å². The Labute approximate surface area is 121 Å². The second-order valence-corrected chi connectivity index (χ2v) is 6.17. The van der Waals surface area contributed by atoms with E-state index in [9.17, 15) is 5.11 Å². The molecule has 0 unspecified atom stereocenters. The fraction of sp³-hybridized carbons (Fsp3) is 0.625. The van der Waals surface area contributed by atoms with Gasteiger partial charge in [0.25, 0.3) is 0 Å². The van der Waals surface area contributed by atoms with Crippen LogP contribution in [-0.2, 0) is 0 Å². The first-order chi connectivity index (χ1) is 9.06. The smallest absolute Gasteiger partial charge is 0.0766 e. The van der Waals surface area contributed by atoms with Crippen LogP contribution in [0.3, 0.4) is 0 Å². The highest BCUT2D eigenvalue weighted by atomic mass is 35.5. The molecule has 2 rings (SSSR count). The lowest BCUT2D eigenvalue weighted by atomic mass is 9.75. The number of hydrogen-bond acceptors (Lipinski definition) is 2. The van der Waals surface area contributed by atoms with Crippen LogP contribution in [0.15, 0.2) is 24.3 Å². The fourth-order valence-corrected chi connectivity index (χ4v) is 2.85. The molecular formula is C16H24ClNO. The van der Waals surface area contributed by atoms with Gasteiger partial charge in [0.15, 0.2) is 0 Å². The molecule has 0 heterocycles. The van der Waals surface area contributed by atoms with Crippen molar-refractivity contribution in [2.24, 2.45) is 0 Å². The summed E-state index contributed by atoms with van der Waals surface area (Å²) < 4.78 is 0. The van der Waals surface area contributed by atoms with Crippen molar-refractivity contribution in [2.75, 3.05) is 6.54 Å². The van der Waals surface area contributed by atoms with Crippen molar-refractivity contribution >= 4 is 11.6 Å². The SMILES string of the molecule is CCC(O)(CC)CNC1CC(c2cccc(Cl)c2)C1. The average Bonchev–Trinajstić information content (AvgIpc) is 2.36. The minimum atomic E-state index is -0.541. The van der Waals surface area contributed by atoms with Crippen molar-refractivity contribution < 1.29 is 5.11 Å². The molecular weight excluding hydrogens is 258 g/mol. The molecule has 1 aliphatic rings. The van der Waals surface area contributed by atoms with Gasteiger partial charge in [-0.25, -0.2) is 0 Å². The van der Waals surface area contributed by atoms with Crippen LogP contribution in [0.2, 0.25) is 5.02 Å². The van der Waals surface area contributed by atoms with E-state index in [1.807, 2.05) is 26.0 Å². The van der Waals surface area contributed by atoms with Crippen LogP contribution in [-0.4, -0.2) is 23.3 Å². The summed E-state index contributed by atoms with van der Waals surface area (Å²) in [6.07, 6.45) is 3.90. The molecule has 106 valence electrons. The molecule has 0 amide bonds. The first kappa shape index (κ1) is 14.8. The highest BCUT2D eigenvalue weighted by Crippen LogP contribution is 2.37. The molecule has 0 saturated heterocycles. The predicted molar refractivity (Wildman–Crippen MR) is 80.7 cm³/mol. The van der Waals surface area contributed by atoms with Crippen LogP contribution in [0.4, 0.5) is 0 Å². The molecule has 1 aromatic carbocycles. The van der Waals surface area contributed by atoms with Crippen molar-refractivity contribution in [3.05, 3.63) is 34.9 Å². The molecule has 1 saturated carbocycles. The summed E-state index contributed by atoms with van der Waals surface area (Å²) in [5, 5.41) is 14.5. The zero-order chi connectivity index (χ0) is 13.9. The Hall–Kier alpha value is -0.570. The van der Waals surface area contributed by atoms with E-state index >= 15 is 0 Å². The Morgan fingerprint density at radius 2 is 2.00 bits per heavy atom. The third kappa shape index (κ3) is 3.71. The third-order valence-corrected chi connectivity index (χ3v) is 4.73. The lowest BCUT2D eigenvalue weighted by Gasteiger charge is -2.38. The van der Waals surface area contributed by atoms with Gasteiger partial charge in [0.05, 0.1) is 5.60 Å². The molecule has 2 N–H and O–H groups in total. The molecule has 2 nitrogen and oxygen atoms in total. The van der Waals surface area contributed by atoms with E-state index in [4.69, 9.17) is 11.6 Å². The van der Waals surface area contributed by atoms with E-state index in [2.05, 4.69) is 17.4 Å². The Bertz CT molecular complexity index is 411. The predicted octanol–water partition coefficient (Wildman–Crippen LogP) is 3.73. The minimum absolute atomic E-state index is 0.536. The molecule has 1 fully saturated rings. The minimum Gasteiger partial charge on any atom is -0.389 e. The van der Waals surface area contributed by atoms with Gasteiger partial charge in [0.1, 0.15) is 0 Å². The molecule has 0 radical (unpaired) electrons. The monoisotopic (exact) mass is 281 g/mol. The molecule has 1 aromatic rings. The lowest BCUT2D eigenvalue weighted by molar-refractivity contribution is 0.0261. The van der Waals surface area contributed by atoms with E-state index in [-0.39, 0.29) is 0 Å². The summed E-state index contributed by atoms with van der Waals surface area (Å²) >= 11 is 6.02. The second-order valence-electron chi connectivity index (χ2n) is 5.73. The molecule has 0 atom stereocenters. The molecule has 0 spiro atoms. The number of aliphatic hydroxyl groups is 1. The number of benzene rings is 1. The van der Waals surface area contributed by atoms with Gasteiger partial charge in [-0.1, -0.05) is 37.6 Å². The summed E-state index contributed by atoms with van der Waals surface area (Å²) in [6, 6.07) is 8.69. The fourth-order valence-electron chi connectivity index (χ4n) is 2.65. The molecule has 0 bridgehead atoms. The Morgan fingerprint density at radius 3 is 2.58 bits per heavy atom. The summed E-state index contributed by atoms with van der Waals surface area (Å²) in [4.78, 5) is 0. The molecule has 19 heavy (non-hydrogen) atoms. The quantitative estimate of drug-likeness (QED) is 0.833. The average molecular weight is 282 g/mol. The molecule has 3 heteroatoms. The van der Waals surface area contributed by atoms with Crippen LogP contribution in [0.5, 0.6) is 0 Å². The summed E-state index contributed by atoms with van der Waals surface area (Å²) in [5.41, 5.74) is 0.799. The number of halogens is 1. The summed E-state index contributed by atoms with van der Waals surface area (Å²) in [7, 11) is 0.